The van der Waals surface area contributed by atoms with Gasteiger partial charge in [0.1, 0.15) is 6.61 Å². The molecule has 3 saturated carbocycles. The molecule has 5 rings (SSSR count). The lowest BCUT2D eigenvalue weighted by Gasteiger charge is -2.58. The SMILES string of the molecule is C/C(=N\OC(=O)N(CCOC=O)CC1CCC(C(=O)N(C)C)N1)[C@H]1CC[C@H]2[C@@H]3CCC4=CC(=O)CC[C@]4(C)[C@H]3CC[C@]12C. The molecule has 238 valence electrons. The van der Waals surface area contributed by atoms with E-state index in [0.29, 0.717) is 49.4 Å². The smallest absolute Gasteiger partial charge is 0.436 e. The van der Waals surface area contributed by atoms with Crippen molar-refractivity contribution in [1.29, 1.82) is 0 Å². The lowest BCUT2D eigenvalue weighted by Crippen LogP contribution is -2.51. The lowest BCUT2D eigenvalue weighted by atomic mass is 9.46. The minimum Gasteiger partial charge on any atom is -0.466 e. The van der Waals surface area contributed by atoms with Crippen LogP contribution in [0.5, 0.6) is 0 Å². The van der Waals surface area contributed by atoms with Crippen LogP contribution < -0.4 is 5.32 Å². The van der Waals surface area contributed by atoms with Crippen LogP contribution in [0.2, 0.25) is 0 Å². The molecule has 0 aromatic rings. The van der Waals surface area contributed by atoms with Crippen molar-refractivity contribution in [2.75, 3.05) is 33.8 Å². The molecule has 1 saturated heterocycles. The van der Waals surface area contributed by atoms with E-state index in [0.717, 1.165) is 50.7 Å². The van der Waals surface area contributed by atoms with E-state index in [1.807, 2.05) is 13.0 Å². The summed E-state index contributed by atoms with van der Waals surface area (Å²) in [6, 6.07) is -0.340. The summed E-state index contributed by atoms with van der Waals surface area (Å²) in [5.74, 6) is 2.47. The van der Waals surface area contributed by atoms with Gasteiger partial charge in [-0.3, -0.25) is 19.2 Å². The summed E-state index contributed by atoms with van der Waals surface area (Å²) in [5, 5.41) is 7.74. The molecule has 2 amide bonds. The molecule has 0 spiro atoms. The standard InChI is InChI=1S/C33H50N4O6/c1-21(35-43-31(41)37(16-17-42-20-38)19-23-7-11-29(34-23)30(40)36(4)5)26-9-10-27-25-8-6-22-18-24(39)12-14-32(22,2)28(25)13-15-33(26,27)3/h18,20,23,25-29,34H,6-17,19H2,1-5H3/b35-21+/t23?,25-,26+,27-,28-,29?,32-,33+/m0/s1. The van der Waals surface area contributed by atoms with E-state index in [4.69, 9.17) is 9.57 Å². The predicted molar refractivity (Wildman–Crippen MR) is 162 cm³/mol. The lowest BCUT2D eigenvalue weighted by molar-refractivity contribution is -0.131. The van der Waals surface area contributed by atoms with Crippen molar-refractivity contribution in [3.8, 4) is 0 Å². The first-order chi connectivity index (χ1) is 20.5. The average molecular weight is 599 g/mol. The molecule has 0 aromatic heterocycles. The number of fused-ring (bicyclic) bond motifs is 5. The highest BCUT2D eigenvalue weighted by Crippen LogP contribution is 2.66. The van der Waals surface area contributed by atoms with Crippen LogP contribution in [-0.2, 0) is 24.0 Å². The second kappa shape index (κ2) is 12.7. The van der Waals surface area contributed by atoms with Gasteiger partial charge in [-0.05, 0) is 99.4 Å². The van der Waals surface area contributed by atoms with Crippen LogP contribution in [0.15, 0.2) is 16.8 Å². The van der Waals surface area contributed by atoms with Gasteiger partial charge in [0.05, 0.1) is 18.3 Å². The van der Waals surface area contributed by atoms with E-state index in [1.165, 1.54) is 16.9 Å². The van der Waals surface area contributed by atoms with Gasteiger partial charge in [0.25, 0.3) is 6.47 Å². The van der Waals surface area contributed by atoms with Crippen LogP contribution in [0.1, 0.15) is 85.0 Å². The molecule has 2 unspecified atom stereocenters. The quantitative estimate of drug-likeness (QED) is 0.138. The highest BCUT2D eigenvalue weighted by atomic mass is 16.7. The topological polar surface area (TPSA) is 118 Å². The number of ketones is 1. The van der Waals surface area contributed by atoms with Crippen LogP contribution in [-0.4, -0.2) is 85.6 Å². The third-order valence-corrected chi connectivity index (χ3v) is 12.0. The molecule has 5 aliphatic rings. The van der Waals surface area contributed by atoms with Crippen LogP contribution in [0, 0.1) is 34.5 Å². The van der Waals surface area contributed by atoms with Gasteiger partial charge in [-0.2, -0.15) is 0 Å². The zero-order valence-electron chi connectivity index (χ0n) is 26.6. The molecule has 10 heteroatoms. The summed E-state index contributed by atoms with van der Waals surface area (Å²) in [4.78, 5) is 57.1. The highest BCUT2D eigenvalue weighted by molar-refractivity contribution is 5.91. The number of carbonyl (C=O) groups is 4. The molecule has 10 nitrogen and oxygen atoms in total. The fraction of sp³-hybridized carbons (Fsp3) is 0.788. The number of carbonyl (C=O) groups excluding carboxylic acids is 4. The summed E-state index contributed by atoms with van der Waals surface area (Å²) >= 11 is 0. The van der Waals surface area contributed by atoms with Crippen LogP contribution >= 0.6 is 0 Å². The number of hydrogen-bond donors (Lipinski definition) is 1. The Bertz CT molecular complexity index is 1170. The van der Waals surface area contributed by atoms with E-state index in [9.17, 15) is 19.2 Å². The number of rotatable bonds is 9. The third kappa shape index (κ3) is 6.13. The first-order valence-electron chi connectivity index (χ1n) is 16.2. The number of ether oxygens (including phenoxy) is 1. The van der Waals surface area contributed by atoms with E-state index in [2.05, 4.69) is 24.3 Å². The molecular weight excluding hydrogens is 548 g/mol. The maximum Gasteiger partial charge on any atom is 0.436 e. The minimum absolute atomic E-state index is 0.0200. The molecule has 4 fully saturated rings. The Hall–Kier alpha value is -2.75. The van der Waals surface area contributed by atoms with Gasteiger partial charge in [0, 0.05) is 39.0 Å². The summed E-state index contributed by atoms with van der Waals surface area (Å²) in [5.41, 5.74) is 2.52. The zero-order chi connectivity index (χ0) is 30.9. The Morgan fingerprint density at radius 2 is 1.86 bits per heavy atom. The molecule has 4 aliphatic carbocycles. The zero-order valence-corrected chi connectivity index (χ0v) is 26.6. The molecular formula is C33H50N4O6. The Kier molecular flexibility index (Phi) is 9.35. The second-order valence-electron chi connectivity index (χ2n) is 14.4. The molecule has 0 aromatic carbocycles. The van der Waals surface area contributed by atoms with E-state index >= 15 is 0 Å². The van der Waals surface area contributed by atoms with Crippen molar-refractivity contribution in [1.82, 2.24) is 15.1 Å². The largest absolute Gasteiger partial charge is 0.466 e. The molecule has 43 heavy (non-hydrogen) atoms. The summed E-state index contributed by atoms with van der Waals surface area (Å²) in [7, 11) is 3.47. The number of amides is 2. The van der Waals surface area contributed by atoms with E-state index in [1.54, 1.807) is 19.0 Å². The molecule has 0 bridgehead atoms. The molecule has 1 heterocycles. The predicted octanol–water partition coefficient (Wildman–Crippen LogP) is 4.33. The molecule has 1 N–H and O–H groups in total. The maximum atomic E-state index is 13.2. The van der Waals surface area contributed by atoms with Gasteiger partial charge in [-0.15, -0.1) is 0 Å². The first kappa shape index (κ1) is 31.7. The van der Waals surface area contributed by atoms with Gasteiger partial charge in [0.15, 0.2) is 5.78 Å². The summed E-state index contributed by atoms with van der Waals surface area (Å²) in [6.07, 6.45) is 11.2. The highest BCUT2D eigenvalue weighted by Gasteiger charge is 2.59. The number of nitrogens with one attached hydrogen (secondary N) is 1. The fourth-order valence-corrected chi connectivity index (χ4v) is 9.68. The fourth-order valence-electron chi connectivity index (χ4n) is 9.68. The number of allylic oxidation sites excluding steroid dienone is 1. The summed E-state index contributed by atoms with van der Waals surface area (Å²) in [6.45, 7) is 7.77. The number of nitrogens with zero attached hydrogens (tertiary/aromatic N) is 3. The van der Waals surface area contributed by atoms with Crippen LogP contribution in [0.3, 0.4) is 0 Å². The monoisotopic (exact) mass is 598 g/mol. The van der Waals surface area contributed by atoms with Gasteiger partial charge in [0.2, 0.25) is 5.91 Å². The third-order valence-electron chi connectivity index (χ3n) is 12.0. The molecule has 0 radical (unpaired) electrons. The Morgan fingerprint density at radius 1 is 1.07 bits per heavy atom. The Labute approximate surface area is 255 Å². The van der Waals surface area contributed by atoms with Crippen LogP contribution in [0.25, 0.3) is 0 Å². The van der Waals surface area contributed by atoms with Crippen molar-refractivity contribution >= 4 is 30.0 Å². The average Bonchev–Trinajstić information content (AvgIpc) is 3.59. The normalized spacial score (nSPS) is 37.0. The van der Waals surface area contributed by atoms with Crippen molar-refractivity contribution in [2.45, 2.75) is 97.1 Å². The number of likely N-dealkylation sites (N-methyl/N-ethyl adjacent to an activating group) is 1. The van der Waals surface area contributed by atoms with Gasteiger partial charge in [-0.25, -0.2) is 4.79 Å². The van der Waals surface area contributed by atoms with Gasteiger partial charge in [-0.1, -0.05) is 24.6 Å². The van der Waals surface area contributed by atoms with Gasteiger partial charge < -0.3 is 19.9 Å². The maximum absolute atomic E-state index is 13.2. The summed E-state index contributed by atoms with van der Waals surface area (Å²) < 4.78 is 4.87. The number of hydrogen-bond acceptors (Lipinski definition) is 8. The number of oxime groups is 1. The van der Waals surface area contributed by atoms with Gasteiger partial charge >= 0.3 is 6.09 Å². The van der Waals surface area contributed by atoms with Crippen molar-refractivity contribution in [3.05, 3.63) is 11.6 Å². The van der Waals surface area contributed by atoms with Crippen molar-refractivity contribution < 1.29 is 28.8 Å². The Morgan fingerprint density at radius 3 is 2.60 bits per heavy atom. The first-order valence-corrected chi connectivity index (χ1v) is 16.2. The second-order valence-corrected chi connectivity index (χ2v) is 14.4. The van der Waals surface area contributed by atoms with E-state index in [-0.39, 0.29) is 47.9 Å². The van der Waals surface area contributed by atoms with Crippen molar-refractivity contribution in [3.63, 3.8) is 0 Å². The van der Waals surface area contributed by atoms with E-state index < -0.39 is 6.09 Å². The molecule has 8 atom stereocenters. The minimum atomic E-state index is -0.576. The van der Waals surface area contributed by atoms with Crippen molar-refractivity contribution in [2.24, 2.45) is 39.7 Å². The Balaban J connectivity index is 1.23. The molecule has 1 aliphatic heterocycles. The van der Waals surface area contributed by atoms with Crippen LogP contribution in [0.4, 0.5) is 4.79 Å².